The molecule has 2 aromatic rings. The predicted molar refractivity (Wildman–Crippen MR) is 67.4 cm³/mol. The topological polar surface area (TPSA) is 97.1 Å². The fourth-order valence-electron chi connectivity index (χ4n) is 1.80. The first-order chi connectivity index (χ1) is 9.06. The Labute approximate surface area is 109 Å². The number of carboxylic acid groups (broad SMARTS) is 1. The molecule has 0 aliphatic carbocycles. The molecule has 100 valence electrons. The minimum Gasteiger partial charge on any atom is -0.481 e. The monoisotopic (exact) mass is 262 g/mol. The number of hydrogen-bond acceptors (Lipinski definition) is 4. The third-order valence-corrected chi connectivity index (χ3v) is 2.60. The van der Waals surface area contributed by atoms with E-state index in [-0.39, 0.29) is 18.9 Å². The lowest BCUT2D eigenvalue weighted by molar-refractivity contribution is -0.137. The van der Waals surface area contributed by atoms with Gasteiger partial charge in [-0.2, -0.15) is 0 Å². The lowest BCUT2D eigenvalue weighted by Crippen LogP contribution is -2.36. The SMILES string of the molecule is C[C@H](CC(=O)O)NC(=O)Cn1nnc2ccccc21. The summed E-state index contributed by atoms with van der Waals surface area (Å²) in [5.41, 5.74) is 1.48. The van der Waals surface area contributed by atoms with Crippen LogP contribution in [0, 0.1) is 0 Å². The number of aromatic nitrogens is 3. The van der Waals surface area contributed by atoms with Gasteiger partial charge in [-0.3, -0.25) is 9.59 Å². The molecule has 0 fully saturated rings. The molecule has 2 N–H and O–H groups in total. The second kappa shape index (κ2) is 5.47. The molecule has 0 radical (unpaired) electrons. The van der Waals surface area contributed by atoms with E-state index in [0.29, 0.717) is 5.52 Å². The molecule has 0 aliphatic heterocycles. The molecule has 0 unspecified atom stereocenters. The number of carboxylic acids is 1. The lowest BCUT2D eigenvalue weighted by atomic mass is 10.2. The summed E-state index contributed by atoms with van der Waals surface area (Å²) in [7, 11) is 0. The van der Waals surface area contributed by atoms with Crippen molar-refractivity contribution in [3.63, 3.8) is 0 Å². The van der Waals surface area contributed by atoms with E-state index in [2.05, 4.69) is 15.6 Å². The fraction of sp³-hybridized carbons (Fsp3) is 0.333. The maximum Gasteiger partial charge on any atom is 0.305 e. The summed E-state index contributed by atoms with van der Waals surface area (Å²) in [4.78, 5) is 22.3. The molecule has 7 nitrogen and oxygen atoms in total. The van der Waals surface area contributed by atoms with Crippen molar-refractivity contribution in [3.05, 3.63) is 24.3 Å². The van der Waals surface area contributed by atoms with Gasteiger partial charge in [0.2, 0.25) is 5.91 Å². The van der Waals surface area contributed by atoms with Crippen LogP contribution < -0.4 is 5.32 Å². The van der Waals surface area contributed by atoms with Crippen LogP contribution >= 0.6 is 0 Å². The van der Waals surface area contributed by atoms with Gasteiger partial charge in [-0.25, -0.2) is 4.68 Å². The van der Waals surface area contributed by atoms with Crippen LogP contribution in [0.5, 0.6) is 0 Å². The van der Waals surface area contributed by atoms with Crippen molar-refractivity contribution in [1.29, 1.82) is 0 Å². The van der Waals surface area contributed by atoms with Crippen LogP contribution in [0.15, 0.2) is 24.3 Å². The third kappa shape index (κ3) is 3.27. The fourth-order valence-corrected chi connectivity index (χ4v) is 1.80. The summed E-state index contributed by atoms with van der Waals surface area (Å²) < 4.78 is 1.48. The number of nitrogens with zero attached hydrogens (tertiary/aromatic N) is 3. The summed E-state index contributed by atoms with van der Waals surface area (Å²) in [5, 5.41) is 19.1. The highest BCUT2D eigenvalue weighted by molar-refractivity contribution is 5.80. The molecule has 19 heavy (non-hydrogen) atoms. The Hall–Kier alpha value is -2.44. The normalized spacial score (nSPS) is 12.3. The number of nitrogens with one attached hydrogen (secondary N) is 1. The van der Waals surface area contributed by atoms with Gasteiger partial charge < -0.3 is 10.4 Å². The second-order valence-electron chi connectivity index (χ2n) is 4.30. The van der Waals surface area contributed by atoms with Crippen molar-refractivity contribution in [2.24, 2.45) is 0 Å². The summed E-state index contributed by atoms with van der Waals surface area (Å²) in [6.45, 7) is 1.66. The van der Waals surface area contributed by atoms with Crippen LogP contribution in [0.3, 0.4) is 0 Å². The Balaban J connectivity index is 2.01. The Morgan fingerprint density at radius 2 is 2.16 bits per heavy atom. The van der Waals surface area contributed by atoms with E-state index in [1.807, 2.05) is 24.3 Å². The zero-order valence-corrected chi connectivity index (χ0v) is 10.4. The number of para-hydroxylation sites is 1. The zero-order chi connectivity index (χ0) is 13.8. The number of carbonyl (C=O) groups excluding carboxylic acids is 1. The highest BCUT2D eigenvalue weighted by atomic mass is 16.4. The number of carbonyl (C=O) groups is 2. The van der Waals surface area contributed by atoms with Gasteiger partial charge in [0.15, 0.2) is 0 Å². The molecule has 1 aromatic heterocycles. The molecule has 0 saturated carbocycles. The summed E-state index contributed by atoms with van der Waals surface area (Å²) >= 11 is 0. The van der Waals surface area contributed by atoms with Crippen molar-refractivity contribution in [3.8, 4) is 0 Å². The van der Waals surface area contributed by atoms with Gasteiger partial charge in [0, 0.05) is 6.04 Å². The Kier molecular flexibility index (Phi) is 3.74. The maximum absolute atomic E-state index is 11.8. The molecule has 1 atom stereocenters. The van der Waals surface area contributed by atoms with E-state index >= 15 is 0 Å². The first kappa shape index (κ1) is 13.0. The van der Waals surface area contributed by atoms with E-state index in [0.717, 1.165) is 5.52 Å². The molecule has 0 saturated heterocycles. The highest BCUT2D eigenvalue weighted by Gasteiger charge is 2.13. The summed E-state index contributed by atoms with van der Waals surface area (Å²) in [6, 6.07) is 6.90. The van der Waals surface area contributed by atoms with Crippen LogP contribution in [-0.2, 0) is 16.1 Å². The highest BCUT2D eigenvalue weighted by Crippen LogP contribution is 2.09. The molecule has 1 amide bonds. The maximum atomic E-state index is 11.8. The predicted octanol–water partition coefficient (Wildman–Crippen LogP) is 0.411. The molecule has 0 spiro atoms. The Bertz CT molecular complexity index is 608. The molecule has 7 heteroatoms. The van der Waals surface area contributed by atoms with Gasteiger partial charge in [-0.05, 0) is 19.1 Å². The van der Waals surface area contributed by atoms with Crippen LogP contribution in [-0.4, -0.2) is 38.0 Å². The first-order valence-electron chi connectivity index (χ1n) is 5.85. The van der Waals surface area contributed by atoms with Gasteiger partial charge in [0.1, 0.15) is 12.1 Å². The largest absolute Gasteiger partial charge is 0.481 e. The van der Waals surface area contributed by atoms with Crippen molar-refractivity contribution < 1.29 is 14.7 Å². The molecular weight excluding hydrogens is 248 g/mol. The molecule has 2 rings (SSSR count). The second-order valence-corrected chi connectivity index (χ2v) is 4.30. The van der Waals surface area contributed by atoms with E-state index in [1.54, 1.807) is 6.92 Å². The molecule has 0 aliphatic rings. The lowest BCUT2D eigenvalue weighted by Gasteiger charge is -2.11. The summed E-state index contributed by atoms with van der Waals surface area (Å²) in [5.74, 6) is -1.23. The third-order valence-electron chi connectivity index (χ3n) is 2.60. The minimum atomic E-state index is -0.945. The smallest absolute Gasteiger partial charge is 0.305 e. The average molecular weight is 262 g/mol. The summed E-state index contributed by atoms with van der Waals surface area (Å²) in [6.07, 6.45) is -0.107. The standard InChI is InChI=1S/C12H14N4O3/c1-8(6-12(18)19)13-11(17)7-16-10-5-3-2-4-9(10)14-15-16/h2-5,8H,6-7H2,1H3,(H,13,17)(H,18,19)/t8-/m1/s1. The van der Waals surface area contributed by atoms with Gasteiger partial charge in [0.05, 0.1) is 11.9 Å². The van der Waals surface area contributed by atoms with Crippen LogP contribution in [0.1, 0.15) is 13.3 Å². The first-order valence-corrected chi connectivity index (χ1v) is 5.85. The molecule has 1 heterocycles. The molecule has 0 bridgehead atoms. The number of benzene rings is 1. The number of fused-ring (bicyclic) bond motifs is 1. The number of amides is 1. The van der Waals surface area contributed by atoms with Crippen LogP contribution in [0.25, 0.3) is 11.0 Å². The van der Waals surface area contributed by atoms with Crippen LogP contribution in [0.2, 0.25) is 0 Å². The van der Waals surface area contributed by atoms with Crippen molar-refractivity contribution in [2.75, 3.05) is 0 Å². The minimum absolute atomic E-state index is 0.0183. The molecular formula is C12H14N4O3. The van der Waals surface area contributed by atoms with Gasteiger partial charge in [-0.15, -0.1) is 5.10 Å². The van der Waals surface area contributed by atoms with Crippen LogP contribution in [0.4, 0.5) is 0 Å². The van der Waals surface area contributed by atoms with Crippen molar-refractivity contribution in [2.45, 2.75) is 25.9 Å². The van der Waals surface area contributed by atoms with Crippen molar-refractivity contribution >= 4 is 22.9 Å². The van der Waals surface area contributed by atoms with E-state index in [4.69, 9.17) is 5.11 Å². The molecule has 1 aromatic carbocycles. The number of hydrogen-bond donors (Lipinski definition) is 2. The Morgan fingerprint density at radius 1 is 1.42 bits per heavy atom. The van der Waals surface area contributed by atoms with E-state index in [1.165, 1.54) is 4.68 Å². The van der Waals surface area contributed by atoms with Crippen molar-refractivity contribution in [1.82, 2.24) is 20.3 Å². The van der Waals surface area contributed by atoms with E-state index in [9.17, 15) is 9.59 Å². The average Bonchev–Trinajstić information content (AvgIpc) is 2.71. The van der Waals surface area contributed by atoms with Gasteiger partial charge in [0.25, 0.3) is 0 Å². The van der Waals surface area contributed by atoms with Gasteiger partial charge >= 0.3 is 5.97 Å². The van der Waals surface area contributed by atoms with E-state index < -0.39 is 12.0 Å². The number of aliphatic carboxylic acids is 1. The van der Waals surface area contributed by atoms with Gasteiger partial charge in [-0.1, -0.05) is 17.3 Å². The quantitative estimate of drug-likeness (QED) is 0.813. The number of rotatable bonds is 5. The Morgan fingerprint density at radius 3 is 2.89 bits per heavy atom. The zero-order valence-electron chi connectivity index (χ0n) is 10.4.